The van der Waals surface area contributed by atoms with Gasteiger partial charge in [-0.05, 0) is 12.8 Å². The smallest absolute Gasteiger partial charge is 0.221 e. The number of nitrogens with one attached hydrogen (secondary N) is 1. The first kappa shape index (κ1) is 14.4. The van der Waals surface area contributed by atoms with Crippen LogP contribution in [0.25, 0.3) is 0 Å². The van der Waals surface area contributed by atoms with Crippen LogP contribution in [-0.4, -0.2) is 44.9 Å². The van der Waals surface area contributed by atoms with Gasteiger partial charge in [0.1, 0.15) is 0 Å². The number of rotatable bonds is 8. The second kappa shape index (κ2) is 7.63. The molecular formula is C12H24N2O3. The van der Waals surface area contributed by atoms with Gasteiger partial charge >= 0.3 is 0 Å². The molecule has 1 rings (SSSR count). The summed E-state index contributed by atoms with van der Waals surface area (Å²) in [4.78, 5) is 11.6. The highest BCUT2D eigenvalue weighted by Gasteiger charge is 2.31. The van der Waals surface area contributed by atoms with Gasteiger partial charge in [-0.25, -0.2) is 0 Å². The maximum atomic E-state index is 11.6. The van der Waals surface area contributed by atoms with E-state index in [-0.39, 0.29) is 11.4 Å². The Morgan fingerprint density at radius 2 is 2.00 bits per heavy atom. The molecule has 0 aliphatic heterocycles. The number of carbonyl (C=O) groups is 1. The molecule has 5 heteroatoms. The molecule has 100 valence electrons. The molecule has 0 spiro atoms. The van der Waals surface area contributed by atoms with Gasteiger partial charge in [0.2, 0.25) is 5.91 Å². The van der Waals surface area contributed by atoms with Crippen LogP contribution in [0.15, 0.2) is 0 Å². The Labute approximate surface area is 103 Å². The predicted octanol–water partition coefficient (Wildman–Crippen LogP) is 0.427. The van der Waals surface area contributed by atoms with Crippen molar-refractivity contribution in [2.24, 2.45) is 5.73 Å². The molecular weight excluding hydrogens is 220 g/mol. The van der Waals surface area contributed by atoms with E-state index in [0.29, 0.717) is 32.8 Å². The van der Waals surface area contributed by atoms with Crippen molar-refractivity contribution in [3.05, 3.63) is 0 Å². The summed E-state index contributed by atoms with van der Waals surface area (Å²) < 4.78 is 10.1. The lowest BCUT2D eigenvalue weighted by molar-refractivity contribution is -0.122. The quantitative estimate of drug-likeness (QED) is 0.607. The third-order valence-corrected chi connectivity index (χ3v) is 3.11. The molecule has 0 aromatic heterocycles. The summed E-state index contributed by atoms with van der Waals surface area (Å²) in [6, 6.07) is 0. The topological polar surface area (TPSA) is 73.6 Å². The lowest BCUT2D eigenvalue weighted by atomic mass is 9.94. The van der Waals surface area contributed by atoms with Crippen molar-refractivity contribution < 1.29 is 14.3 Å². The van der Waals surface area contributed by atoms with E-state index < -0.39 is 0 Å². The van der Waals surface area contributed by atoms with Crippen molar-refractivity contribution in [1.29, 1.82) is 0 Å². The molecule has 5 nitrogen and oxygen atoms in total. The zero-order chi connectivity index (χ0) is 12.6. The first-order chi connectivity index (χ1) is 8.16. The van der Waals surface area contributed by atoms with Gasteiger partial charge in [0, 0.05) is 25.6 Å². The summed E-state index contributed by atoms with van der Waals surface area (Å²) in [6.45, 7) is 2.21. The van der Waals surface area contributed by atoms with Gasteiger partial charge < -0.3 is 20.5 Å². The van der Waals surface area contributed by atoms with E-state index in [0.717, 1.165) is 25.7 Å². The third kappa shape index (κ3) is 6.00. The minimum atomic E-state index is -0.263. The summed E-state index contributed by atoms with van der Waals surface area (Å²) in [5.74, 6) is 0.0322. The highest BCUT2D eigenvalue weighted by molar-refractivity contribution is 5.77. The van der Waals surface area contributed by atoms with Crippen molar-refractivity contribution in [2.45, 2.75) is 37.6 Å². The lowest BCUT2D eigenvalue weighted by Crippen LogP contribution is -2.42. The van der Waals surface area contributed by atoms with Crippen LogP contribution in [-0.2, 0) is 14.3 Å². The fraction of sp³-hybridized carbons (Fsp3) is 0.917. The molecule has 0 unspecified atom stereocenters. The fourth-order valence-corrected chi connectivity index (χ4v) is 2.15. The van der Waals surface area contributed by atoms with Gasteiger partial charge in [-0.2, -0.15) is 0 Å². The lowest BCUT2D eigenvalue weighted by Gasteiger charge is -2.22. The molecule has 0 aromatic carbocycles. The number of nitrogens with two attached hydrogens (primary N) is 1. The van der Waals surface area contributed by atoms with Crippen molar-refractivity contribution >= 4 is 5.91 Å². The fourth-order valence-electron chi connectivity index (χ4n) is 2.15. The molecule has 1 saturated carbocycles. The SMILES string of the molecule is COCCOCCNC(=O)CC1(N)CCCC1. The number of hydrogen-bond acceptors (Lipinski definition) is 4. The van der Waals surface area contributed by atoms with E-state index in [4.69, 9.17) is 15.2 Å². The molecule has 0 saturated heterocycles. The zero-order valence-corrected chi connectivity index (χ0v) is 10.7. The van der Waals surface area contributed by atoms with Crippen LogP contribution in [0.1, 0.15) is 32.1 Å². The number of carbonyl (C=O) groups excluding carboxylic acids is 1. The van der Waals surface area contributed by atoms with Crippen molar-refractivity contribution in [1.82, 2.24) is 5.32 Å². The Kier molecular flexibility index (Phi) is 6.47. The molecule has 0 radical (unpaired) electrons. The second-order valence-electron chi connectivity index (χ2n) is 4.70. The molecule has 3 N–H and O–H groups in total. The Balaban J connectivity index is 2.01. The van der Waals surface area contributed by atoms with E-state index in [9.17, 15) is 4.79 Å². The molecule has 1 aliphatic carbocycles. The highest BCUT2D eigenvalue weighted by Crippen LogP contribution is 2.29. The Morgan fingerprint density at radius 3 is 2.65 bits per heavy atom. The first-order valence-corrected chi connectivity index (χ1v) is 6.28. The molecule has 0 heterocycles. The summed E-state index contributed by atoms with van der Waals surface area (Å²) in [5, 5.41) is 2.83. The normalized spacial score (nSPS) is 18.2. The molecule has 0 bridgehead atoms. The van der Waals surface area contributed by atoms with Crippen LogP contribution in [0.5, 0.6) is 0 Å². The Morgan fingerprint density at radius 1 is 1.29 bits per heavy atom. The van der Waals surface area contributed by atoms with Gasteiger partial charge in [-0.3, -0.25) is 4.79 Å². The van der Waals surface area contributed by atoms with E-state index in [1.54, 1.807) is 7.11 Å². The molecule has 17 heavy (non-hydrogen) atoms. The average Bonchev–Trinajstić information content (AvgIpc) is 2.70. The maximum Gasteiger partial charge on any atom is 0.221 e. The largest absolute Gasteiger partial charge is 0.382 e. The van der Waals surface area contributed by atoms with E-state index >= 15 is 0 Å². The minimum absolute atomic E-state index is 0.0322. The standard InChI is InChI=1S/C12H24N2O3/c1-16-8-9-17-7-6-14-11(15)10-12(13)4-2-3-5-12/h2-10,13H2,1H3,(H,14,15). The first-order valence-electron chi connectivity index (χ1n) is 6.28. The van der Waals surface area contributed by atoms with Crippen molar-refractivity contribution in [3.63, 3.8) is 0 Å². The summed E-state index contributed by atoms with van der Waals surface area (Å²) in [7, 11) is 1.63. The van der Waals surface area contributed by atoms with Crippen molar-refractivity contribution in [2.75, 3.05) is 33.5 Å². The minimum Gasteiger partial charge on any atom is -0.382 e. The monoisotopic (exact) mass is 244 g/mol. The van der Waals surface area contributed by atoms with Crippen LogP contribution in [0, 0.1) is 0 Å². The van der Waals surface area contributed by atoms with Crippen LogP contribution in [0.3, 0.4) is 0 Å². The van der Waals surface area contributed by atoms with Gasteiger partial charge in [0.05, 0.1) is 19.8 Å². The highest BCUT2D eigenvalue weighted by atomic mass is 16.5. The van der Waals surface area contributed by atoms with Crippen LogP contribution in [0.2, 0.25) is 0 Å². The van der Waals surface area contributed by atoms with Crippen LogP contribution >= 0.6 is 0 Å². The molecule has 1 amide bonds. The Hall–Kier alpha value is -0.650. The number of amides is 1. The average molecular weight is 244 g/mol. The second-order valence-corrected chi connectivity index (χ2v) is 4.70. The third-order valence-electron chi connectivity index (χ3n) is 3.11. The van der Waals surface area contributed by atoms with Gasteiger partial charge in [-0.15, -0.1) is 0 Å². The van der Waals surface area contributed by atoms with E-state index in [2.05, 4.69) is 5.32 Å². The number of ether oxygens (including phenoxy) is 2. The Bertz CT molecular complexity index is 228. The van der Waals surface area contributed by atoms with E-state index in [1.165, 1.54) is 0 Å². The maximum absolute atomic E-state index is 11.6. The predicted molar refractivity (Wildman–Crippen MR) is 65.7 cm³/mol. The van der Waals surface area contributed by atoms with Crippen LogP contribution in [0.4, 0.5) is 0 Å². The number of hydrogen-bond donors (Lipinski definition) is 2. The van der Waals surface area contributed by atoms with Crippen molar-refractivity contribution in [3.8, 4) is 0 Å². The molecule has 1 aliphatic rings. The zero-order valence-electron chi connectivity index (χ0n) is 10.7. The van der Waals surface area contributed by atoms with Crippen LogP contribution < -0.4 is 11.1 Å². The molecule has 0 atom stereocenters. The number of methoxy groups -OCH3 is 1. The van der Waals surface area contributed by atoms with E-state index in [1.807, 2.05) is 0 Å². The molecule has 0 aromatic rings. The van der Waals surface area contributed by atoms with Gasteiger partial charge in [0.15, 0.2) is 0 Å². The summed E-state index contributed by atoms with van der Waals surface area (Å²) >= 11 is 0. The van der Waals surface area contributed by atoms with Gasteiger partial charge in [0.25, 0.3) is 0 Å². The molecule has 1 fully saturated rings. The van der Waals surface area contributed by atoms with Gasteiger partial charge in [-0.1, -0.05) is 12.8 Å². The summed E-state index contributed by atoms with van der Waals surface area (Å²) in [5.41, 5.74) is 5.86. The summed E-state index contributed by atoms with van der Waals surface area (Å²) in [6.07, 6.45) is 4.65.